The van der Waals surface area contributed by atoms with Gasteiger partial charge in [0.1, 0.15) is 5.75 Å². The summed E-state index contributed by atoms with van der Waals surface area (Å²) in [5.41, 5.74) is 2.19. The van der Waals surface area contributed by atoms with E-state index in [1.54, 1.807) is 18.4 Å². The predicted molar refractivity (Wildman–Crippen MR) is 135 cm³/mol. The van der Waals surface area contributed by atoms with E-state index in [9.17, 15) is 9.59 Å². The highest BCUT2D eigenvalue weighted by Gasteiger charge is 2.35. The van der Waals surface area contributed by atoms with Crippen molar-refractivity contribution < 1.29 is 14.3 Å². The maximum atomic E-state index is 13.4. The van der Waals surface area contributed by atoms with Crippen LogP contribution in [-0.2, 0) is 11.2 Å². The maximum Gasteiger partial charge on any atom is 0.318 e. The first-order chi connectivity index (χ1) is 16.2. The Morgan fingerprint density at radius 3 is 2.50 bits per heavy atom. The molecule has 2 aliphatic heterocycles. The van der Waals surface area contributed by atoms with Crippen molar-refractivity contribution in [3.05, 3.63) is 51.7 Å². The van der Waals surface area contributed by atoms with Crippen molar-refractivity contribution in [2.45, 2.75) is 51.7 Å². The lowest BCUT2D eigenvalue weighted by Crippen LogP contribution is -2.60. The van der Waals surface area contributed by atoms with Gasteiger partial charge in [0.2, 0.25) is 5.91 Å². The van der Waals surface area contributed by atoms with E-state index < -0.39 is 0 Å². The van der Waals surface area contributed by atoms with E-state index >= 15 is 0 Å². The smallest absolute Gasteiger partial charge is 0.318 e. The Morgan fingerprint density at radius 1 is 1.12 bits per heavy atom. The number of urea groups is 1. The molecule has 0 radical (unpaired) electrons. The van der Waals surface area contributed by atoms with Gasteiger partial charge < -0.3 is 19.9 Å². The number of carbonyl (C=O) groups is 2. The monoisotopic (exact) mass is 484 g/mol. The van der Waals surface area contributed by atoms with Crippen molar-refractivity contribution in [1.29, 1.82) is 0 Å². The number of nitrogens with one attached hydrogen (secondary N) is 1. The fourth-order valence-corrected chi connectivity index (χ4v) is 5.77. The van der Waals surface area contributed by atoms with Crippen LogP contribution in [0.1, 0.15) is 49.7 Å². The second-order valence-corrected chi connectivity index (χ2v) is 11.3. The van der Waals surface area contributed by atoms with E-state index in [1.807, 2.05) is 49.6 Å². The van der Waals surface area contributed by atoms with E-state index in [1.165, 1.54) is 16.0 Å². The van der Waals surface area contributed by atoms with Crippen LogP contribution in [0.15, 0.2) is 35.7 Å². The standard InChI is InChI=1S/C26H36N4O3S/c1-18-16-28(13-14-30(18)25(32)27-26(2,3)4)23(31)17-29-12-10-22-21(11-15-34-22)24(29)19-6-8-20(33-5)9-7-19/h6-9,11,15,18,24H,10,12-14,16-17H2,1-5H3,(H,27,32). The molecule has 2 aliphatic rings. The molecule has 0 saturated carbocycles. The molecule has 34 heavy (non-hydrogen) atoms. The van der Waals surface area contributed by atoms with Gasteiger partial charge in [-0.2, -0.15) is 0 Å². The molecule has 1 saturated heterocycles. The summed E-state index contributed by atoms with van der Waals surface area (Å²) in [4.78, 5) is 33.5. The highest BCUT2D eigenvalue weighted by Crippen LogP contribution is 2.38. The molecule has 1 aromatic heterocycles. The Hall–Kier alpha value is -2.58. The number of piperazine rings is 1. The van der Waals surface area contributed by atoms with Crippen LogP contribution in [0.2, 0.25) is 0 Å². The maximum absolute atomic E-state index is 13.4. The molecule has 1 fully saturated rings. The Labute approximate surface area is 206 Å². The van der Waals surface area contributed by atoms with E-state index in [0.717, 1.165) is 18.7 Å². The van der Waals surface area contributed by atoms with Gasteiger partial charge in [-0.15, -0.1) is 11.3 Å². The third-order valence-corrected chi connectivity index (χ3v) is 7.56. The van der Waals surface area contributed by atoms with E-state index in [-0.39, 0.29) is 29.6 Å². The Balaban J connectivity index is 1.45. The number of amides is 3. The average molecular weight is 485 g/mol. The molecule has 1 N–H and O–H groups in total. The van der Waals surface area contributed by atoms with Crippen LogP contribution in [0.3, 0.4) is 0 Å². The molecule has 0 bridgehead atoms. The van der Waals surface area contributed by atoms with Gasteiger partial charge in [-0.1, -0.05) is 12.1 Å². The number of hydrogen-bond donors (Lipinski definition) is 1. The van der Waals surface area contributed by atoms with Crippen molar-refractivity contribution in [1.82, 2.24) is 20.0 Å². The fourth-order valence-electron chi connectivity index (χ4n) is 4.87. The molecule has 2 unspecified atom stereocenters. The van der Waals surface area contributed by atoms with Crippen molar-refractivity contribution in [2.75, 3.05) is 39.8 Å². The largest absolute Gasteiger partial charge is 0.497 e. The first kappa shape index (κ1) is 24.5. The van der Waals surface area contributed by atoms with Gasteiger partial charge in [0, 0.05) is 42.6 Å². The molecule has 7 nitrogen and oxygen atoms in total. The Kier molecular flexibility index (Phi) is 7.19. The van der Waals surface area contributed by atoms with Crippen LogP contribution in [-0.4, -0.2) is 78.1 Å². The lowest BCUT2D eigenvalue weighted by molar-refractivity contribution is -0.135. The van der Waals surface area contributed by atoms with Crippen LogP contribution < -0.4 is 10.1 Å². The lowest BCUT2D eigenvalue weighted by atomic mass is 9.93. The number of carbonyl (C=O) groups excluding carboxylic acids is 2. The molecule has 1 aromatic carbocycles. The summed E-state index contributed by atoms with van der Waals surface area (Å²) in [6.45, 7) is 10.8. The number of fused-ring (bicyclic) bond motifs is 1. The summed E-state index contributed by atoms with van der Waals surface area (Å²) < 4.78 is 5.34. The third kappa shape index (κ3) is 5.39. The van der Waals surface area contributed by atoms with Gasteiger partial charge in [-0.3, -0.25) is 9.69 Å². The zero-order valence-electron chi connectivity index (χ0n) is 20.8. The van der Waals surface area contributed by atoms with Crippen molar-refractivity contribution >= 4 is 23.3 Å². The van der Waals surface area contributed by atoms with Crippen LogP contribution >= 0.6 is 11.3 Å². The molecule has 3 amide bonds. The molecular formula is C26H36N4O3S. The molecule has 0 spiro atoms. The number of hydrogen-bond acceptors (Lipinski definition) is 5. The van der Waals surface area contributed by atoms with Gasteiger partial charge in [0.25, 0.3) is 0 Å². The topological polar surface area (TPSA) is 65.1 Å². The number of ether oxygens (including phenoxy) is 1. The van der Waals surface area contributed by atoms with Gasteiger partial charge in [0.15, 0.2) is 0 Å². The fraction of sp³-hybridized carbons (Fsp3) is 0.538. The highest BCUT2D eigenvalue weighted by atomic mass is 32.1. The van der Waals surface area contributed by atoms with Gasteiger partial charge in [-0.25, -0.2) is 4.79 Å². The lowest BCUT2D eigenvalue weighted by Gasteiger charge is -2.42. The molecule has 4 rings (SSSR count). The second kappa shape index (κ2) is 9.96. The van der Waals surface area contributed by atoms with Gasteiger partial charge >= 0.3 is 6.03 Å². The zero-order valence-corrected chi connectivity index (χ0v) is 21.7. The van der Waals surface area contributed by atoms with E-state index in [4.69, 9.17) is 4.74 Å². The summed E-state index contributed by atoms with van der Waals surface area (Å²) in [5, 5.41) is 5.18. The van der Waals surface area contributed by atoms with Crippen molar-refractivity contribution in [2.24, 2.45) is 0 Å². The number of thiophene rings is 1. The number of methoxy groups -OCH3 is 1. The van der Waals surface area contributed by atoms with E-state index in [2.05, 4.69) is 33.8 Å². The Bertz CT molecular complexity index is 1010. The Morgan fingerprint density at radius 2 is 1.85 bits per heavy atom. The minimum Gasteiger partial charge on any atom is -0.497 e. The summed E-state index contributed by atoms with van der Waals surface area (Å²) in [6.07, 6.45) is 0.962. The zero-order chi connectivity index (χ0) is 24.5. The SMILES string of the molecule is COc1ccc(C2c3ccsc3CCN2CC(=O)N2CCN(C(=O)NC(C)(C)C)C(C)C2)cc1. The van der Waals surface area contributed by atoms with Crippen LogP contribution in [0.4, 0.5) is 4.79 Å². The number of nitrogens with zero attached hydrogens (tertiary/aromatic N) is 3. The summed E-state index contributed by atoms with van der Waals surface area (Å²) in [5.74, 6) is 0.954. The first-order valence-electron chi connectivity index (χ1n) is 12.0. The molecule has 184 valence electrons. The molecule has 2 atom stereocenters. The molecule has 8 heteroatoms. The molecular weight excluding hydrogens is 448 g/mol. The molecule has 2 aromatic rings. The minimum atomic E-state index is -0.283. The van der Waals surface area contributed by atoms with Gasteiger partial charge in [0.05, 0.1) is 19.7 Å². The van der Waals surface area contributed by atoms with Crippen LogP contribution in [0, 0.1) is 0 Å². The average Bonchev–Trinajstić information content (AvgIpc) is 3.26. The second-order valence-electron chi connectivity index (χ2n) is 10.3. The third-order valence-electron chi connectivity index (χ3n) is 6.56. The summed E-state index contributed by atoms with van der Waals surface area (Å²) in [7, 11) is 1.67. The summed E-state index contributed by atoms with van der Waals surface area (Å²) in [6, 6.07) is 10.3. The molecule has 0 aliphatic carbocycles. The van der Waals surface area contributed by atoms with Crippen molar-refractivity contribution in [3.63, 3.8) is 0 Å². The first-order valence-corrected chi connectivity index (χ1v) is 12.8. The predicted octanol–water partition coefficient (Wildman–Crippen LogP) is 3.75. The van der Waals surface area contributed by atoms with Crippen molar-refractivity contribution in [3.8, 4) is 5.75 Å². The number of benzene rings is 1. The number of rotatable bonds is 4. The van der Waals surface area contributed by atoms with Gasteiger partial charge in [-0.05, 0) is 68.8 Å². The normalized spacial score (nSPS) is 21.2. The minimum absolute atomic E-state index is 0.0257. The van der Waals surface area contributed by atoms with Crippen LogP contribution in [0.25, 0.3) is 0 Å². The highest BCUT2D eigenvalue weighted by molar-refractivity contribution is 7.10. The van der Waals surface area contributed by atoms with E-state index in [0.29, 0.717) is 26.2 Å². The summed E-state index contributed by atoms with van der Waals surface area (Å²) >= 11 is 1.80. The van der Waals surface area contributed by atoms with Crippen LogP contribution in [0.5, 0.6) is 5.75 Å². The molecule has 3 heterocycles. The quantitative estimate of drug-likeness (QED) is 0.718.